The summed E-state index contributed by atoms with van der Waals surface area (Å²) < 4.78 is 100. The maximum Gasteiger partial charge on any atom is 0.145 e. The van der Waals surface area contributed by atoms with Crippen molar-refractivity contribution in [3.05, 3.63) is 127 Å². The standard InChI is InChI=1S/C36H21NO2/c1-4-10-30-28(9-1)35-31(19-18-27-25-7-2-6-12-33(25)39-36(27)35)37(30)24-16-13-22(14-17-24)23-15-20-34-29(21-23)26-8-3-5-11-32(26)38-34/h1-21H/i1D,2D,4D,6D,7D,9D,10D,12D,18D,19D. The molecule has 0 saturated heterocycles. The molecule has 0 fully saturated rings. The van der Waals surface area contributed by atoms with Gasteiger partial charge in [0.15, 0.2) is 0 Å². The van der Waals surface area contributed by atoms with Crippen LogP contribution in [0.4, 0.5) is 0 Å². The van der Waals surface area contributed by atoms with E-state index < -0.39 is 36.3 Å². The van der Waals surface area contributed by atoms with Crippen LogP contribution in [0.1, 0.15) is 13.7 Å². The molecule has 182 valence electrons. The zero-order valence-corrected chi connectivity index (χ0v) is 20.1. The molecular formula is C36H21NO2. The number of benzene rings is 6. The lowest BCUT2D eigenvalue weighted by molar-refractivity contribution is 0.669. The molecule has 0 spiro atoms. The Morgan fingerprint density at radius 1 is 0.513 bits per heavy atom. The number of furan rings is 2. The first-order chi connectivity index (χ1) is 23.5. The van der Waals surface area contributed by atoms with Crippen LogP contribution < -0.4 is 0 Å². The Morgan fingerprint density at radius 2 is 1.28 bits per heavy atom. The van der Waals surface area contributed by atoms with E-state index in [0.29, 0.717) is 5.69 Å². The molecule has 0 N–H and O–H groups in total. The molecule has 0 amide bonds. The maximum atomic E-state index is 9.21. The van der Waals surface area contributed by atoms with Crippen LogP contribution in [0.3, 0.4) is 0 Å². The normalized spacial score (nSPS) is 15.7. The summed E-state index contributed by atoms with van der Waals surface area (Å²) in [5.74, 6) is 0. The van der Waals surface area contributed by atoms with E-state index in [1.54, 1.807) is 12.1 Å². The number of rotatable bonds is 2. The Morgan fingerprint density at radius 3 is 2.21 bits per heavy atom. The minimum atomic E-state index is -0.519. The van der Waals surface area contributed by atoms with Gasteiger partial charge in [-0.1, -0.05) is 72.7 Å². The lowest BCUT2D eigenvalue weighted by Gasteiger charge is -2.09. The fourth-order valence-electron chi connectivity index (χ4n) is 5.54. The molecule has 9 rings (SSSR count). The zero-order valence-electron chi connectivity index (χ0n) is 30.1. The first-order valence-corrected chi connectivity index (χ1v) is 12.4. The number of aromatic nitrogens is 1. The third-order valence-electron chi connectivity index (χ3n) is 7.30. The van der Waals surface area contributed by atoms with E-state index in [0.717, 1.165) is 33.1 Å². The van der Waals surface area contributed by atoms with Crippen molar-refractivity contribution in [3.8, 4) is 16.8 Å². The summed E-state index contributed by atoms with van der Waals surface area (Å²) in [4.78, 5) is 0. The van der Waals surface area contributed by atoms with Crippen molar-refractivity contribution < 1.29 is 22.5 Å². The molecule has 3 heterocycles. The number of fused-ring (bicyclic) bond motifs is 10. The van der Waals surface area contributed by atoms with Gasteiger partial charge in [0.05, 0.1) is 30.1 Å². The van der Waals surface area contributed by atoms with Crippen LogP contribution in [0, 0.1) is 0 Å². The largest absolute Gasteiger partial charge is 0.456 e. The predicted octanol–water partition coefficient (Wildman–Crippen LogP) is 10.2. The number of hydrogen-bond donors (Lipinski definition) is 0. The van der Waals surface area contributed by atoms with Crippen LogP contribution in [-0.4, -0.2) is 4.57 Å². The molecule has 39 heavy (non-hydrogen) atoms. The Labute approximate surface area is 237 Å². The quantitative estimate of drug-likeness (QED) is 0.232. The van der Waals surface area contributed by atoms with Crippen molar-refractivity contribution >= 4 is 65.7 Å². The lowest BCUT2D eigenvalue weighted by Crippen LogP contribution is -1.93. The summed E-state index contributed by atoms with van der Waals surface area (Å²) in [7, 11) is 0. The summed E-state index contributed by atoms with van der Waals surface area (Å²) >= 11 is 0. The molecule has 0 unspecified atom stereocenters. The second-order valence-corrected chi connectivity index (χ2v) is 9.40. The number of hydrogen-bond acceptors (Lipinski definition) is 2. The average molecular weight is 510 g/mol. The highest BCUT2D eigenvalue weighted by Gasteiger charge is 2.18. The molecule has 0 bridgehead atoms. The molecule has 3 nitrogen and oxygen atoms in total. The van der Waals surface area contributed by atoms with E-state index in [9.17, 15) is 1.37 Å². The monoisotopic (exact) mass is 509 g/mol. The van der Waals surface area contributed by atoms with Gasteiger partial charge in [0, 0.05) is 32.6 Å². The molecule has 0 radical (unpaired) electrons. The molecule has 0 aliphatic rings. The molecular weight excluding hydrogens is 478 g/mol. The van der Waals surface area contributed by atoms with Crippen molar-refractivity contribution in [1.82, 2.24) is 4.57 Å². The van der Waals surface area contributed by atoms with Gasteiger partial charge < -0.3 is 13.4 Å². The van der Waals surface area contributed by atoms with E-state index in [1.807, 2.05) is 54.6 Å². The van der Waals surface area contributed by atoms with Gasteiger partial charge in [0.1, 0.15) is 22.3 Å². The van der Waals surface area contributed by atoms with Gasteiger partial charge in [-0.25, -0.2) is 0 Å². The van der Waals surface area contributed by atoms with Crippen molar-refractivity contribution in [2.24, 2.45) is 0 Å². The van der Waals surface area contributed by atoms with Crippen LogP contribution in [-0.2, 0) is 0 Å². The Bertz CT molecular complexity index is 2940. The van der Waals surface area contributed by atoms with Gasteiger partial charge in [-0.3, -0.25) is 0 Å². The molecule has 0 aliphatic carbocycles. The summed E-state index contributed by atoms with van der Waals surface area (Å²) in [5, 5.41) is 2.05. The smallest absolute Gasteiger partial charge is 0.145 e. The first kappa shape index (κ1) is 13.5. The van der Waals surface area contributed by atoms with Crippen molar-refractivity contribution in [2.45, 2.75) is 0 Å². The molecule has 3 aromatic heterocycles. The molecule has 0 atom stereocenters. The number of nitrogens with zero attached hydrogens (tertiary/aromatic N) is 1. The van der Waals surface area contributed by atoms with Crippen molar-refractivity contribution in [2.75, 3.05) is 0 Å². The Kier molecular flexibility index (Phi) is 2.64. The van der Waals surface area contributed by atoms with E-state index in [-0.39, 0.29) is 67.9 Å². The van der Waals surface area contributed by atoms with Gasteiger partial charge >= 0.3 is 0 Å². The fraction of sp³-hybridized carbons (Fsp3) is 0. The second-order valence-electron chi connectivity index (χ2n) is 9.40. The number of para-hydroxylation sites is 3. The summed E-state index contributed by atoms with van der Waals surface area (Å²) in [6.45, 7) is 0. The van der Waals surface area contributed by atoms with Crippen LogP contribution >= 0.6 is 0 Å². The SMILES string of the molecule is [2H]c1c([2H])c([2H])c2c(oc3c2c([2H])c([2H])c2c3c3c([2H])c([2H])c([2H])c([2H])c3n2-c2ccc(-c3ccc4oc5ccccc5c4c3)cc2)c1[2H]. The Balaban J connectivity index is 1.37. The topological polar surface area (TPSA) is 31.2 Å². The summed E-state index contributed by atoms with van der Waals surface area (Å²) in [5.41, 5.74) is 3.73. The van der Waals surface area contributed by atoms with Gasteiger partial charge in [-0.2, -0.15) is 0 Å². The highest BCUT2D eigenvalue weighted by Crippen LogP contribution is 2.40. The van der Waals surface area contributed by atoms with Crippen molar-refractivity contribution in [3.63, 3.8) is 0 Å². The third kappa shape index (κ3) is 2.87. The lowest BCUT2D eigenvalue weighted by atomic mass is 10.0. The fourth-order valence-corrected chi connectivity index (χ4v) is 5.54. The predicted molar refractivity (Wildman–Crippen MR) is 161 cm³/mol. The van der Waals surface area contributed by atoms with Crippen LogP contribution in [0.2, 0.25) is 0 Å². The minimum absolute atomic E-state index is 0.0246. The highest BCUT2D eigenvalue weighted by atomic mass is 16.3. The molecule has 0 aliphatic heterocycles. The molecule has 3 heteroatoms. The van der Waals surface area contributed by atoms with Gasteiger partial charge in [-0.15, -0.1) is 0 Å². The van der Waals surface area contributed by atoms with Gasteiger partial charge in [0.25, 0.3) is 0 Å². The van der Waals surface area contributed by atoms with E-state index in [1.165, 1.54) is 4.57 Å². The van der Waals surface area contributed by atoms with Crippen LogP contribution in [0.15, 0.2) is 136 Å². The highest BCUT2D eigenvalue weighted by molar-refractivity contribution is 6.23. The molecule has 6 aromatic carbocycles. The van der Waals surface area contributed by atoms with Gasteiger partial charge in [-0.05, 0) is 65.6 Å². The van der Waals surface area contributed by atoms with Gasteiger partial charge in [0.2, 0.25) is 0 Å². The molecule has 0 saturated carbocycles. The summed E-state index contributed by atoms with van der Waals surface area (Å²) in [6.07, 6.45) is 0. The zero-order chi connectivity index (χ0) is 34.2. The Hall–Kier alpha value is -5.28. The first-order valence-electron chi connectivity index (χ1n) is 17.4. The average Bonchev–Trinajstić information content (AvgIpc) is 3.80. The third-order valence-corrected chi connectivity index (χ3v) is 7.30. The maximum absolute atomic E-state index is 9.21. The van der Waals surface area contributed by atoms with E-state index >= 15 is 0 Å². The second kappa shape index (κ2) is 7.62. The minimum Gasteiger partial charge on any atom is -0.456 e. The molecule has 9 aromatic rings. The van der Waals surface area contributed by atoms with Crippen LogP contribution in [0.5, 0.6) is 0 Å². The summed E-state index contributed by atoms with van der Waals surface area (Å²) in [6, 6.07) is 16.7. The van der Waals surface area contributed by atoms with E-state index in [2.05, 4.69) is 0 Å². The van der Waals surface area contributed by atoms with E-state index in [4.69, 9.17) is 21.2 Å². The van der Waals surface area contributed by atoms with Crippen molar-refractivity contribution in [1.29, 1.82) is 0 Å². The van der Waals surface area contributed by atoms with Crippen LogP contribution in [0.25, 0.3) is 82.5 Å².